The first-order valence-electron chi connectivity index (χ1n) is 11.3. The Hall–Kier alpha value is -3.75. The van der Waals surface area contributed by atoms with Crippen molar-refractivity contribution in [3.63, 3.8) is 0 Å². The van der Waals surface area contributed by atoms with Crippen LogP contribution in [-0.4, -0.2) is 36.3 Å². The molecule has 1 amide bonds. The van der Waals surface area contributed by atoms with E-state index < -0.39 is 11.2 Å². The van der Waals surface area contributed by atoms with Crippen LogP contribution < -0.4 is 30.8 Å². The molecule has 3 aromatic rings. The molecule has 182 valence electrons. The number of methoxy groups -OCH3 is 2. The molecule has 0 unspecified atom stereocenters. The van der Waals surface area contributed by atoms with E-state index in [2.05, 4.69) is 17.2 Å². The molecular weight excluding hydrogens is 438 g/mol. The van der Waals surface area contributed by atoms with Crippen molar-refractivity contribution in [1.82, 2.24) is 14.9 Å². The predicted octanol–water partition coefficient (Wildman–Crippen LogP) is 2.98. The van der Waals surface area contributed by atoms with Crippen molar-refractivity contribution in [2.45, 2.75) is 45.7 Å². The van der Waals surface area contributed by atoms with Crippen molar-refractivity contribution in [2.24, 2.45) is 0 Å². The van der Waals surface area contributed by atoms with Crippen molar-refractivity contribution in [3.05, 3.63) is 62.8 Å². The van der Waals surface area contributed by atoms with E-state index in [0.29, 0.717) is 54.8 Å². The number of ether oxygens (including phenoxy) is 3. The standard InChI is InChI=1S/C25H31N3O6/c1-4-13-34-18-10-8-17(9-11-18)16-26-23(29)7-5-6-12-28-24(30)19-14-21(32-2)22(33-3)15-20(19)27-25(28)31/h8-11,14-15H,4-7,12-13,16H2,1-3H3,(H,26,29)(H,27,31). The largest absolute Gasteiger partial charge is 0.494 e. The first-order valence-corrected chi connectivity index (χ1v) is 11.3. The topological polar surface area (TPSA) is 112 Å². The Morgan fingerprint density at radius 3 is 2.41 bits per heavy atom. The molecule has 34 heavy (non-hydrogen) atoms. The number of aromatic nitrogens is 2. The lowest BCUT2D eigenvalue weighted by Crippen LogP contribution is -2.35. The molecule has 0 aliphatic heterocycles. The van der Waals surface area contributed by atoms with E-state index in [1.54, 1.807) is 12.1 Å². The zero-order valence-electron chi connectivity index (χ0n) is 19.8. The maximum atomic E-state index is 12.8. The van der Waals surface area contributed by atoms with Gasteiger partial charge in [0.05, 0.1) is 31.7 Å². The van der Waals surface area contributed by atoms with Crippen molar-refractivity contribution in [1.29, 1.82) is 0 Å². The minimum absolute atomic E-state index is 0.0806. The highest BCUT2D eigenvalue weighted by atomic mass is 16.5. The molecule has 3 rings (SSSR count). The zero-order chi connectivity index (χ0) is 24.5. The second-order valence-corrected chi connectivity index (χ2v) is 7.87. The van der Waals surface area contributed by atoms with Crippen LogP contribution >= 0.6 is 0 Å². The number of carbonyl (C=O) groups excluding carboxylic acids is 1. The fraction of sp³-hybridized carbons (Fsp3) is 0.400. The predicted molar refractivity (Wildman–Crippen MR) is 130 cm³/mol. The van der Waals surface area contributed by atoms with Gasteiger partial charge in [0.25, 0.3) is 5.56 Å². The number of aromatic amines is 1. The summed E-state index contributed by atoms with van der Waals surface area (Å²) in [6, 6.07) is 10.8. The molecule has 0 bridgehead atoms. The molecule has 0 radical (unpaired) electrons. The number of rotatable bonds is 12. The highest BCUT2D eigenvalue weighted by Crippen LogP contribution is 2.29. The van der Waals surface area contributed by atoms with Gasteiger partial charge in [-0.05, 0) is 43.0 Å². The van der Waals surface area contributed by atoms with Crippen LogP contribution in [0.15, 0.2) is 46.0 Å². The van der Waals surface area contributed by atoms with Crippen molar-refractivity contribution >= 4 is 16.8 Å². The summed E-state index contributed by atoms with van der Waals surface area (Å²) in [5, 5.41) is 3.22. The zero-order valence-corrected chi connectivity index (χ0v) is 19.8. The molecule has 0 fully saturated rings. The number of amides is 1. The lowest BCUT2D eigenvalue weighted by Gasteiger charge is -2.11. The van der Waals surface area contributed by atoms with Gasteiger partial charge in [-0.25, -0.2) is 4.79 Å². The minimum atomic E-state index is -0.500. The molecule has 1 aromatic heterocycles. The number of hydrogen-bond donors (Lipinski definition) is 2. The smallest absolute Gasteiger partial charge is 0.328 e. The third-order valence-corrected chi connectivity index (χ3v) is 5.41. The molecular formula is C25H31N3O6. The van der Waals surface area contributed by atoms with Gasteiger partial charge in [-0.1, -0.05) is 19.1 Å². The van der Waals surface area contributed by atoms with Crippen LogP contribution in [0.25, 0.3) is 10.9 Å². The van der Waals surface area contributed by atoms with Crippen LogP contribution in [0, 0.1) is 0 Å². The molecule has 0 atom stereocenters. The van der Waals surface area contributed by atoms with Crippen molar-refractivity contribution in [2.75, 3.05) is 20.8 Å². The molecule has 9 nitrogen and oxygen atoms in total. The highest BCUT2D eigenvalue weighted by molar-refractivity contribution is 5.81. The Morgan fingerprint density at radius 1 is 1.03 bits per heavy atom. The number of H-pyrrole nitrogens is 1. The first kappa shape index (κ1) is 24.9. The van der Waals surface area contributed by atoms with Crippen LogP contribution in [0.5, 0.6) is 17.2 Å². The number of unbranched alkanes of at least 4 members (excludes halogenated alkanes) is 1. The van der Waals surface area contributed by atoms with Crippen LogP contribution in [0.2, 0.25) is 0 Å². The number of carbonyl (C=O) groups is 1. The van der Waals surface area contributed by atoms with Gasteiger partial charge in [-0.3, -0.25) is 14.2 Å². The Bertz CT molecular complexity index is 1230. The van der Waals surface area contributed by atoms with Gasteiger partial charge in [-0.15, -0.1) is 0 Å². The van der Waals surface area contributed by atoms with E-state index >= 15 is 0 Å². The third kappa shape index (κ3) is 6.18. The van der Waals surface area contributed by atoms with Crippen molar-refractivity contribution in [3.8, 4) is 17.2 Å². The van der Waals surface area contributed by atoms with E-state index in [4.69, 9.17) is 14.2 Å². The van der Waals surface area contributed by atoms with Gasteiger partial charge in [-0.2, -0.15) is 0 Å². The van der Waals surface area contributed by atoms with Crippen LogP contribution in [-0.2, 0) is 17.9 Å². The van der Waals surface area contributed by atoms with Gasteiger partial charge in [0.1, 0.15) is 5.75 Å². The second kappa shape index (κ2) is 11.9. The molecule has 0 aliphatic rings. The lowest BCUT2D eigenvalue weighted by atomic mass is 10.2. The summed E-state index contributed by atoms with van der Waals surface area (Å²) in [7, 11) is 2.97. The fourth-order valence-corrected chi connectivity index (χ4v) is 3.55. The van der Waals surface area contributed by atoms with E-state index in [0.717, 1.165) is 22.3 Å². The normalized spacial score (nSPS) is 10.8. The molecule has 0 spiro atoms. The minimum Gasteiger partial charge on any atom is -0.494 e. The molecule has 9 heteroatoms. The van der Waals surface area contributed by atoms with Gasteiger partial charge >= 0.3 is 5.69 Å². The first-order chi connectivity index (χ1) is 16.5. The molecule has 0 saturated heterocycles. The number of fused-ring (bicyclic) bond motifs is 1. The Morgan fingerprint density at radius 2 is 1.74 bits per heavy atom. The highest BCUT2D eigenvalue weighted by Gasteiger charge is 2.13. The van der Waals surface area contributed by atoms with Gasteiger partial charge in [0.15, 0.2) is 11.5 Å². The van der Waals surface area contributed by atoms with Gasteiger partial charge in [0, 0.05) is 25.6 Å². The van der Waals surface area contributed by atoms with E-state index in [1.165, 1.54) is 14.2 Å². The Kier molecular flexibility index (Phi) is 8.73. The van der Waals surface area contributed by atoms with Crippen LogP contribution in [0.3, 0.4) is 0 Å². The SMILES string of the molecule is CCCOc1ccc(CNC(=O)CCCCn2c(=O)[nH]c3cc(OC)c(OC)cc3c2=O)cc1. The van der Waals surface area contributed by atoms with E-state index in [-0.39, 0.29) is 12.5 Å². The maximum absolute atomic E-state index is 12.8. The van der Waals surface area contributed by atoms with Gasteiger partial charge in [0.2, 0.25) is 5.91 Å². The Labute approximate surface area is 197 Å². The Balaban J connectivity index is 1.52. The lowest BCUT2D eigenvalue weighted by molar-refractivity contribution is -0.121. The van der Waals surface area contributed by atoms with Crippen molar-refractivity contribution < 1.29 is 19.0 Å². The van der Waals surface area contributed by atoms with E-state index in [9.17, 15) is 14.4 Å². The number of benzene rings is 2. The quantitative estimate of drug-likeness (QED) is 0.395. The summed E-state index contributed by atoms with van der Waals surface area (Å²) < 4.78 is 17.2. The number of hydrogen-bond acceptors (Lipinski definition) is 6. The van der Waals surface area contributed by atoms with Crippen LogP contribution in [0.1, 0.15) is 38.2 Å². The van der Waals surface area contributed by atoms with Crippen LogP contribution in [0.4, 0.5) is 0 Å². The average molecular weight is 470 g/mol. The maximum Gasteiger partial charge on any atom is 0.328 e. The average Bonchev–Trinajstić information content (AvgIpc) is 2.85. The second-order valence-electron chi connectivity index (χ2n) is 7.87. The van der Waals surface area contributed by atoms with Gasteiger partial charge < -0.3 is 24.5 Å². The summed E-state index contributed by atoms with van der Waals surface area (Å²) in [4.78, 5) is 40.2. The molecule has 1 heterocycles. The summed E-state index contributed by atoms with van der Waals surface area (Å²) in [6.07, 6.45) is 2.32. The monoisotopic (exact) mass is 469 g/mol. The fourth-order valence-electron chi connectivity index (χ4n) is 3.55. The molecule has 0 aliphatic carbocycles. The molecule has 2 aromatic carbocycles. The number of nitrogens with one attached hydrogen (secondary N) is 2. The number of nitrogens with zero attached hydrogens (tertiary/aromatic N) is 1. The summed E-state index contributed by atoms with van der Waals surface area (Å²) in [6.45, 7) is 3.38. The summed E-state index contributed by atoms with van der Waals surface area (Å²) in [5.74, 6) is 1.57. The molecule has 0 saturated carbocycles. The summed E-state index contributed by atoms with van der Waals surface area (Å²) >= 11 is 0. The third-order valence-electron chi connectivity index (χ3n) is 5.41. The summed E-state index contributed by atoms with van der Waals surface area (Å²) in [5.41, 5.74) is 0.461. The van der Waals surface area contributed by atoms with E-state index in [1.807, 2.05) is 24.3 Å². The molecule has 2 N–H and O–H groups in total.